The Bertz CT molecular complexity index is 307. The summed E-state index contributed by atoms with van der Waals surface area (Å²) in [6.07, 6.45) is 8.07. The van der Waals surface area contributed by atoms with Crippen molar-refractivity contribution in [3.63, 3.8) is 0 Å². The van der Waals surface area contributed by atoms with E-state index in [-0.39, 0.29) is 0 Å². The number of hydrogen-bond donors (Lipinski definition) is 1. The van der Waals surface area contributed by atoms with Crippen molar-refractivity contribution in [2.45, 2.75) is 51.5 Å². The van der Waals surface area contributed by atoms with Crippen LogP contribution < -0.4 is 5.32 Å². The van der Waals surface area contributed by atoms with E-state index in [1.165, 1.54) is 50.6 Å². The second-order valence-electron chi connectivity index (χ2n) is 5.33. The molecule has 1 heteroatoms. The highest BCUT2D eigenvalue weighted by atomic mass is 14.9. The van der Waals surface area contributed by atoms with Gasteiger partial charge in [0.25, 0.3) is 0 Å². The molecule has 1 N–H and O–H groups in total. The molecule has 1 aliphatic rings. The lowest BCUT2D eigenvalue weighted by atomic mass is 10.1. The van der Waals surface area contributed by atoms with Gasteiger partial charge in [0.1, 0.15) is 0 Å². The van der Waals surface area contributed by atoms with Crippen LogP contribution in [-0.4, -0.2) is 12.6 Å². The number of aryl methyl sites for hydroxylation is 1. The number of benzene rings is 1. The van der Waals surface area contributed by atoms with Crippen molar-refractivity contribution in [2.24, 2.45) is 5.92 Å². The van der Waals surface area contributed by atoms with E-state index in [1.807, 2.05) is 0 Å². The molecule has 0 heterocycles. The molecule has 2 atom stereocenters. The molecule has 1 fully saturated rings. The number of rotatable bonds is 6. The molecular weight excluding hydrogens is 206 g/mol. The van der Waals surface area contributed by atoms with Gasteiger partial charge in [-0.1, -0.05) is 43.7 Å². The summed E-state index contributed by atoms with van der Waals surface area (Å²) >= 11 is 0. The van der Waals surface area contributed by atoms with Gasteiger partial charge in [-0.25, -0.2) is 0 Å². The maximum absolute atomic E-state index is 3.72. The average molecular weight is 231 g/mol. The minimum absolute atomic E-state index is 0.802. The van der Waals surface area contributed by atoms with Crippen molar-refractivity contribution in [1.82, 2.24) is 5.32 Å². The van der Waals surface area contributed by atoms with E-state index < -0.39 is 0 Å². The minimum Gasteiger partial charge on any atom is -0.314 e. The lowest BCUT2D eigenvalue weighted by Gasteiger charge is -2.12. The molecule has 2 rings (SSSR count). The molecule has 0 bridgehead atoms. The standard InChI is InChI=1S/C16H25N/c1-2-14-10-11-16(13-14)17-12-6-9-15-7-4-3-5-8-15/h3-5,7-8,14,16-17H,2,6,9-13H2,1H3. The van der Waals surface area contributed by atoms with E-state index in [0.717, 1.165) is 12.0 Å². The molecular formula is C16H25N. The zero-order chi connectivity index (χ0) is 11.9. The van der Waals surface area contributed by atoms with Crippen LogP contribution in [0.2, 0.25) is 0 Å². The fourth-order valence-electron chi connectivity index (χ4n) is 2.87. The molecule has 2 unspecified atom stereocenters. The zero-order valence-electron chi connectivity index (χ0n) is 11.0. The summed E-state index contributed by atoms with van der Waals surface area (Å²) in [4.78, 5) is 0. The van der Waals surface area contributed by atoms with Crippen LogP contribution in [0, 0.1) is 5.92 Å². The van der Waals surface area contributed by atoms with Crippen LogP contribution in [0.5, 0.6) is 0 Å². The Kier molecular flexibility index (Phi) is 5.06. The van der Waals surface area contributed by atoms with Crippen molar-refractivity contribution in [2.75, 3.05) is 6.54 Å². The molecule has 1 aromatic rings. The van der Waals surface area contributed by atoms with E-state index in [9.17, 15) is 0 Å². The van der Waals surface area contributed by atoms with Crippen LogP contribution in [0.15, 0.2) is 30.3 Å². The molecule has 1 nitrogen and oxygen atoms in total. The summed E-state index contributed by atoms with van der Waals surface area (Å²) in [5, 5.41) is 3.72. The summed E-state index contributed by atoms with van der Waals surface area (Å²) in [7, 11) is 0. The van der Waals surface area contributed by atoms with E-state index >= 15 is 0 Å². The summed E-state index contributed by atoms with van der Waals surface area (Å²) in [6, 6.07) is 11.6. The summed E-state index contributed by atoms with van der Waals surface area (Å²) in [6.45, 7) is 3.50. The fourth-order valence-corrected chi connectivity index (χ4v) is 2.87. The van der Waals surface area contributed by atoms with Gasteiger partial charge in [0.05, 0.1) is 0 Å². The van der Waals surface area contributed by atoms with Crippen molar-refractivity contribution in [3.05, 3.63) is 35.9 Å². The number of hydrogen-bond acceptors (Lipinski definition) is 1. The third-order valence-electron chi connectivity index (χ3n) is 4.04. The van der Waals surface area contributed by atoms with E-state index in [4.69, 9.17) is 0 Å². The molecule has 0 spiro atoms. The third kappa shape index (κ3) is 4.16. The maximum atomic E-state index is 3.72. The first kappa shape index (κ1) is 12.6. The molecule has 0 aromatic heterocycles. The van der Waals surface area contributed by atoms with Crippen molar-refractivity contribution >= 4 is 0 Å². The van der Waals surface area contributed by atoms with Gasteiger partial charge in [0, 0.05) is 6.04 Å². The van der Waals surface area contributed by atoms with Crippen LogP contribution in [0.4, 0.5) is 0 Å². The first-order chi connectivity index (χ1) is 8.38. The number of nitrogens with one attached hydrogen (secondary N) is 1. The highest BCUT2D eigenvalue weighted by Gasteiger charge is 2.22. The highest BCUT2D eigenvalue weighted by Crippen LogP contribution is 2.27. The lowest BCUT2D eigenvalue weighted by molar-refractivity contribution is 0.473. The second-order valence-corrected chi connectivity index (χ2v) is 5.33. The van der Waals surface area contributed by atoms with Gasteiger partial charge in [-0.3, -0.25) is 0 Å². The molecule has 0 amide bonds. The first-order valence-corrected chi connectivity index (χ1v) is 7.15. The highest BCUT2D eigenvalue weighted by molar-refractivity contribution is 5.14. The third-order valence-corrected chi connectivity index (χ3v) is 4.04. The molecule has 17 heavy (non-hydrogen) atoms. The van der Waals surface area contributed by atoms with Crippen LogP contribution in [0.3, 0.4) is 0 Å². The van der Waals surface area contributed by atoms with Gasteiger partial charge in [0.2, 0.25) is 0 Å². The van der Waals surface area contributed by atoms with Gasteiger partial charge in [-0.2, -0.15) is 0 Å². The van der Waals surface area contributed by atoms with Gasteiger partial charge in [-0.15, -0.1) is 0 Å². The van der Waals surface area contributed by atoms with Gasteiger partial charge in [0.15, 0.2) is 0 Å². The average Bonchev–Trinajstić information content (AvgIpc) is 2.84. The van der Waals surface area contributed by atoms with Crippen LogP contribution in [-0.2, 0) is 6.42 Å². The predicted molar refractivity (Wildman–Crippen MR) is 74.2 cm³/mol. The van der Waals surface area contributed by atoms with Crippen LogP contribution >= 0.6 is 0 Å². The molecule has 0 radical (unpaired) electrons. The largest absolute Gasteiger partial charge is 0.314 e. The van der Waals surface area contributed by atoms with Gasteiger partial charge >= 0.3 is 0 Å². The van der Waals surface area contributed by atoms with Gasteiger partial charge < -0.3 is 5.32 Å². The topological polar surface area (TPSA) is 12.0 Å². The Morgan fingerprint density at radius 3 is 2.71 bits per heavy atom. The summed E-state index contributed by atoms with van der Waals surface area (Å²) < 4.78 is 0. The van der Waals surface area contributed by atoms with Crippen LogP contribution in [0.1, 0.15) is 44.6 Å². The molecule has 0 aliphatic heterocycles. The monoisotopic (exact) mass is 231 g/mol. The zero-order valence-corrected chi connectivity index (χ0v) is 11.0. The van der Waals surface area contributed by atoms with Crippen molar-refractivity contribution in [3.8, 4) is 0 Å². The van der Waals surface area contributed by atoms with Crippen molar-refractivity contribution in [1.29, 1.82) is 0 Å². The fraction of sp³-hybridized carbons (Fsp3) is 0.625. The SMILES string of the molecule is CCC1CCC(NCCCc2ccccc2)C1. The van der Waals surface area contributed by atoms with E-state index in [1.54, 1.807) is 0 Å². The Morgan fingerprint density at radius 1 is 1.18 bits per heavy atom. The molecule has 1 aliphatic carbocycles. The van der Waals surface area contributed by atoms with E-state index in [0.29, 0.717) is 0 Å². The normalized spacial score (nSPS) is 24.1. The Morgan fingerprint density at radius 2 is 2.00 bits per heavy atom. The molecule has 1 saturated carbocycles. The first-order valence-electron chi connectivity index (χ1n) is 7.15. The summed E-state index contributed by atoms with van der Waals surface area (Å²) in [5.74, 6) is 0.988. The molecule has 1 aromatic carbocycles. The smallest absolute Gasteiger partial charge is 0.00698 e. The molecule has 94 valence electrons. The molecule has 0 saturated heterocycles. The van der Waals surface area contributed by atoms with Crippen molar-refractivity contribution < 1.29 is 0 Å². The quantitative estimate of drug-likeness (QED) is 0.735. The predicted octanol–water partition coefficient (Wildman–Crippen LogP) is 3.79. The Hall–Kier alpha value is -0.820. The van der Waals surface area contributed by atoms with E-state index in [2.05, 4.69) is 42.6 Å². The van der Waals surface area contributed by atoms with Crippen LogP contribution in [0.25, 0.3) is 0 Å². The summed E-state index contributed by atoms with van der Waals surface area (Å²) in [5.41, 5.74) is 1.46. The Labute approximate surface area is 106 Å². The minimum atomic E-state index is 0.802. The van der Waals surface area contributed by atoms with Gasteiger partial charge in [-0.05, 0) is 50.1 Å². The Balaban J connectivity index is 1.58. The second kappa shape index (κ2) is 6.80. The maximum Gasteiger partial charge on any atom is 0.00698 e. The lowest BCUT2D eigenvalue weighted by Crippen LogP contribution is -2.27.